The van der Waals surface area contributed by atoms with Crippen molar-refractivity contribution in [2.24, 2.45) is 5.10 Å². The molecular formula is C30H31BrN4O5. The average Bonchev–Trinajstić information content (AvgIpc) is 2.96. The summed E-state index contributed by atoms with van der Waals surface area (Å²) in [5.41, 5.74) is 2.60. The van der Waals surface area contributed by atoms with Crippen molar-refractivity contribution in [2.75, 3.05) is 26.1 Å². The Bertz CT molecular complexity index is 1610. The lowest BCUT2D eigenvalue weighted by Crippen LogP contribution is -2.23. The van der Waals surface area contributed by atoms with Crippen molar-refractivity contribution in [1.82, 2.24) is 9.66 Å². The van der Waals surface area contributed by atoms with Crippen LogP contribution in [0.3, 0.4) is 0 Å². The summed E-state index contributed by atoms with van der Waals surface area (Å²) < 4.78 is 19.0. The second kappa shape index (κ2) is 12.8. The average molecular weight is 608 g/mol. The number of para-hydroxylation sites is 1. The van der Waals surface area contributed by atoms with Gasteiger partial charge in [0.15, 0.2) is 18.1 Å². The normalized spacial score (nSPS) is 11.9. The maximum atomic E-state index is 13.4. The minimum atomic E-state index is -0.323. The van der Waals surface area contributed by atoms with Gasteiger partial charge in [0.2, 0.25) is 5.75 Å². The summed E-state index contributed by atoms with van der Waals surface area (Å²) in [6.45, 7) is 5.70. The highest BCUT2D eigenvalue weighted by molar-refractivity contribution is 9.10. The Hall–Kier alpha value is -4.18. The van der Waals surface area contributed by atoms with Gasteiger partial charge in [0, 0.05) is 21.6 Å². The van der Waals surface area contributed by atoms with Crippen molar-refractivity contribution in [3.8, 4) is 17.2 Å². The van der Waals surface area contributed by atoms with Gasteiger partial charge in [0.25, 0.3) is 11.5 Å². The number of rotatable bonds is 10. The fraction of sp³-hybridized carbons (Fsp3) is 0.267. The molecule has 0 aliphatic rings. The first-order valence-corrected chi connectivity index (χ1v) is 13.6. The van der Waals surface area contributed by atoms with Gasteiger partial charge in [-0.15, -0.1) is 0 Å². The number of nitrogens with one attached hydrogen (secondary N) is 1. The van der Waals surface area contributed by atoms with Crippen LogP contribution >= 0.6 is 15.9 Å². The molecule has 1 heterocycles. The van der Waals surface area contributed by atoms with Crippen molar-refractivity contribution >= 4 is 44.6 Å². The first-order valence-electron chi connectivity index (χ1n) is 12.8. The monoisotopic (exact) mass is 606 g/mol. The van der Waals surface area contributed by atoms with Crippen LogP contribution in [0.1, 0.15) is 43.1 Å². The molecule has 3 aromatic carbocycles. The summed E-state index contributed by atoms with van der Waals surface area (Å²) in [5, 5.41) is 7.82. The molecule has 0 fully saturated rings. The van der Waals surface area contributed by atoms with Crippen LogP contribution in [0.5, 0.6) is 17.2 Å². The lowest BCUT2D eigenvalue weighted by atomic mass is 10.1. The number of benzene rings is 3. The second-order valence-electron chi connectivity index (χ2n) is 9.21. The molecule has 1 atom stereocenters. The number of methoxy groups -OCH3 is 2. The van der Waals surface area contributed by atoms with E-state index in [-0.39, 0.29) is 29.7 Å². The molecule has 1 N–H and O–H groups in total. The number of aryl methyl sites for hydroxylation is 1. The van der Waals surface area contributed by atoms with Crippen LogP contribution in [0.25, 0.3) is 10.9 Å². The van der Waals surface area contributed by atoms with Gasteiger partial charge in [-0.3, -0.25) is 9.59 Å². The van der Waals surface area contributed by atoms with Crippen LogP contribution in [0.4, 0.5) is 5.69 Å². The molecular weight excluding hydrogens is 576 g/mol. The standard InChI is InChI=1S/C30H31BrN4O5/c1-6-18(2)29-34-24-12-11-21(31)15-22(24)30(37)35(29)32-16-20-13-25(38-4)28(26(14-20)39-5)40-17-27(36)33-23-10-8-7-9-19(23)3/h7-16,18H,6,17H2,1-5H3,(H,33,36)/t18-/m0/s1. The third kappa shape index (κ3) is 6.34. The minimum absolute atomic E-state index is 0.00330. The maximum Gasteiger partial charge on any atom is 0.282 e. The zero-order chi connectivity index (χ0) is 28.8. The fourth-order valence-corrected chi connectivity index (χ4v) is 4.42. The number of halogens is 1. The van der Waals surface area contributed by atoms with Crippen LogP contribution in [-0.2, 0) is 4.79 Å². The summed E-state index contributed by atoms with van der Waals surface area (Å²) in [6, 6.07) is 16.3. The molecule has 4 aromatic rings. The predicted molar refractivity (Wildman–Crippen MR) is 160 cm³/mol. The Morgan fingerprint density at radius 1 is 1.12 bits per heavy atom. The molecule has 4 rings (SSSR count). The van der Waals surface area contributed by atoms with E-state index in [1.807, 2.05) is 57.2 Å². The largest absolute Gasteiger partial charge is 0.493 e. The molecule has 0 bridgehead atoms. The third-order valence-corrected chi connectivity index (χ3v) is 6.95. The Labute approximate surface area is 240 Å². The number of carbonyl (C=O) groups is 1. The number of anilines is 1. The third-order valence-electron chi connectivity index (χ3n) is 6.46. The maximum absolute atomic E-state index is 13.4. The predicted octanol–water partition coefficient (Wildman–Crippen LogP) is 5.90. The molecule has 0 radical (unpaired) electrons. The van der Waals surface area contributed by atoms with Crippen molar-refractivity contribution in [2.45, 2.75) is 33.1 Å². The topological polar surface area (TPSA) is 104 Å². The Morgan fingerprint density at radius 3 is 2.48 bits per heavy atom. The Morgan fingerprint density at radius 2 is 1.82 bits per heavy atom. The summed E-state index contributed by atoms with van der Waals surface area (Å²) in [7, 11) is 2.99. The molecule has 1 aromatic heterocycles. The molecule has 10 heteroatoms. The lowest BCUT2D eigenvalue weighted by molar-refractivity contribution is -0.118. The number of ether oxygens (including phenoxy) is 3. The number of hydrogen-bond acceptors (Lipinski definition) is 7. The zero-order valence-electron chi connectivity index (χ0n) is 23.0. The number of fused-ring (bicyclic) bond motifs is 1. The molecule has 208 valence electrons. The molecule has 40 heavy (non-hydrogen) atoms. The van der Waals surface area contributed by atoms with Gasteiger partial charge in [-0.1, -0.05) is 48.0 Å². The SMILES string of the molecule is CC[C@H](C)c1nc2ccc(Br)cc2c(=O)n1N=Cc1cc(OC)c(OCC(=O)Nc2ccccc2C)c(OC)c1. The molecule has 0 unspecified atom stereocenters. The van der Waals surface area contributed by atoms with Gasteiger partial charge in [-0.2, -0.15) is 9.78 Å². The molecule has 0 aliphatic heterocycles. The van der Waals surface area contributed by atoms with E-state index in [0.29, 0.717) is 39.5 Å². The van der Waals surface area contributed by atoms with Gasteiger partial charge in [0.05, 0.1) is 31.3 Å². The van der Waals surface area contributed by atoms with Crippen molar-refractivity contribution in [3.63, 3.8) is 0 Å². The highest BCUT2D eigenvalue weighted by Gasteiger charge is 2.18. The van der Waals surface area contributed by atoms with Gasteiger partial charge in [-0.05, 0) is 55.3 Å². The highest BCUT2D eigenvalue weighted by Crippen LogP contribution is 2.38. The fourth-order valence-electron chi connectivity index (χ4n) is 4.06. The molecule has 0 spiro atoms. The molecule has 0 saturated heterocycles. The molecule has 0 saturated carbocycles. The number of amides is 1. The summed E-state index contributed by atoms with van der Waals surface area (Å²) in [4.78, 5) is 30.7. The van der Waals surface area contributed by atoms with Crippen molar-refractivity contribution in [1.29, 1.82) is 0 Å². The van der Waals surface area contributed by atoms with Crippen LogP contribution in [0, 0.1) is 6.92 Å². The zero-order valence-corrected chi connectivity index (χ0v) is 24.6. The Balaban J connectivity index is 1.64. The first kappa shape index (κ1) is 28.8. The molecule has 1 amide bonds. The van der Waals surface area contributed by atoms with Crippen LogP contribution in [0.15, 0.2) is 69.0 Å². The number of nitrogens with zero attached hydrogens (tertiary/aromatic N) is 3. The Kier molecular flexibility index (Phi) is 9.21. The van der Waals surface area contributed by atoms with Crippen LogP contribution in [0.2, 0.25) is 0 Å². The second-order valence-corrected chi connectivity index (χ2v) is 10.1. The van der Waals surface area contributed by atoms with Crippen molar-refractivity contribution < 1.29 is 19.0 Å². The highest BCUT2D eigenvalue weighted by atomic mass is 79.9. The van der Waals surface area contributed by atoms with E-state index >= 15 is 0 Å². The van der Waals surface area contributed by atoms with E-state index in [1.165, 1.54) is 18.9 Å². The summed E-state index contributed by atoms with van der Waals surface area (Å²) in [5.74, 6) is 1.22. The van der Waals surface area contributed by atoms with E-state index in [9.17, 15) is 9.59 Å². The molecule has 9 nitrogen and oxygen atoms in total. The summed E-state index contributed by atoms with van der Waals surface area (Å²) in [6.07, 6.45) is 2.33. The van der Waals surface area contributed by atoms with E-state index in [0.717, 1.165) is 16.5 Å². The quantitative estimate of drug-likeness (QED) is 0.225. The van der Waals surface area contributed by atoms with Crippen LogP contribution < -0.4 is 25.1 Å². The number of hydrogen-bond donors (Lipinski definition) is 1. The van der Waals surface area contributed by atoms with E-state index in [4.69, 9.17) is 19.2 Å². The van der Waals surface area contributed by atoms with E-state index in [1.54, 1.807) is 24.4 Å². The molecule has 0 aliphatic carbocycles. The van der Waals surface area contributed by atoms with Gasteiger partial charge in [0.1, 0.15) is 5.82 Å². The van der Waals surface area contributed by atoms with E-state index in [2.05, 4.69) is 26.3 Å². The van der Waals surface area contributed by atoms with Gasteiger partial charge in [-0.25, -0.2) is 4.98 Å². The number of aromatic nitrogens is 2. The van der Waals surface area contributed by atoms with Crippen molar-refractivity contribution in [3.05, 3.63) is 86.4 Å². The summed E-state index contributed by atoms with van der Waals surface area (Å²) >= 11 is 3.43. The number of carbonyl (C=O) groups excluding carboxylic acids is 1. The van der Waals surface area contributed by atoms with Gasteiger partial charge >= 0.3 is 0 Å². The lowest BCUT2D eigenvalue weighted by Gasteiger charge is -2.16. The van der Waals surface area contributed by atoms with Crippen LogP contribution in [-0.4, -0.2) is 42.6 Å². The van der Waals surface area contributed by atoms with E-state index < -0.39 is 0 Å². The first-order chi connectivity index (χ1) is 19.2. The minimum Gasteiger partial charge on any atom is -0.493 e. The van der Waals surface area contributed by atoms with Gasteiger partial charge < -0.3 is 19.5 Å². The smallest absolute Gasteiger partial charge is 0.282 e.